The molecule has 10 aromatic rings. The molecular weight excluding hydrogens is 705 g/mol. The van der Waals surface area contributed by atoms with Crippen molar-refractivity contribution in [2.24, 2.45) is 0 Å². The van der Waals surface area contributed by atoms with Gasteiger partial charge < -0.3 is 4.57 Å². The summed E-state index contributed by atoms with van der Waals surface area (Å²) in [4.78, 5) is 15.4. The predicted octanol–water partition coefficient (Wildman–Crippen LogP) is 13.6. The number of fused-ring (bicyclic) bond motifs is 6. The molecule has 4 heteroatoms. The van der Waals surface area contributed by atoms with Gasteiger partial charge in [0.2, 0.25) is 0 Å². The highest BCUT2D eigenvalue weighted by atomic mass is 15.0. The Kier molecular flexibility index (Phi) is 7.80. The van der Waals surface area contributed by atoms with E-state index in [1.807, 2.05) is 18.2 Å². The molecule has 2 heterocycles. The van der Waals surface area contributed by atoms with Crippen molar-refractivity contribution in [2.75, 3.05) is 0 Å². The number of para-hydroxylation sites is 1. The Hall–Kier alpha value is -7.43. The lowest BCUT2D eigenvalue weighted by atomic mass is 9.82. The molecule has 0 fully saturated rings. The number of aromatic nitrogens is 4. The molecule has 0 radical (unpaired) electrons. The first kappa shape index (κ1) is 33.9. The monoisotopic (exact) mass is 742 g/mol. The van der Waals surface area contributed by atoms with Crippen LogP contribution < -0.4 is 0 Å². The van der Waals surface area contributed by atoms with Crippen molar-refractivity contribution in [3.8, 4) is 73.2 Å². The Labute approximate surface area is 337 Å². The van der Waals surface area contributed by atoms with Crippen LogP contribution in [-0.4, -0.2) is 19.5 Å². The summed E-state index contributed by atoms with van der Waals surface area (Å²) in [7, 11) is 0. The molecule has 2 aromatic heterocycles. The standard InChI is InChI=1S/C54H38N4/c1-54(2)45-23-11-9-22-44(45)50-46(54)24-14-26-48(50)58-47-25-12-10-21-42(47)43-32-31-41(34-49(43)58)53-56-51(37-17-7-4-8-18-37)55-52(57-53)38-29-27-36(28-30-38)40-20-13-19-39(33-40)35-15-5-3-6-16-35/h3-34H,1-2H3. The van der Waals surface area contributed by atoms with E-state index in [0.29, 0.717) is 17.5 Å². The summed E-state index contributed by atoms with van der Waals surface area (Å²) in [6, 6.07) is 69.0. The Bertz CT molecular complexity index is 3180. The maximum atomic E-state index is 5.19. The lowest BCUT2D eigenvalue weighted by Gasteiger charge is -2.22. The topological polar surface area (TPSA) is 43.6 Å². The van der Waals surface area contributed by atoms with Gasteiger partial charge in [-0.2, -0.15) is 0 Å². The maximum absolute atomic E-state index is 5.19. The van der Waals surface area contributed by atoms with Crippen LogP contribution in [0.3, 0.4) is 0 Å². The molecule has 11 rings (SSSR count). The zero-order valence-corrected chi connectivity index (χ0v) is 32.3. The fourth-order valence-corrected chi connectivity index (χ4v) is 8.96. The molecule has 0 bridgehead atoms. The van der Waals surface area contributed by atoms with Crippen molar-refractivity contribution >= 4 is 21.8 Å². The molecule has 58 heavy (non-hydrogen) atoms. The Morgan fingerprint density at radius 1 is 0.362 bits per heavy atom. The largest absolute Gasteiger partial charge is 0.309 e. The quantitative estimate of drug-likeness (QED) is 0.170. The Balaban J connectivity index is 1.06. The van der Waals surface area contributed by atoms with E-state index >= 15 is 0 Å². The van der Waals surface area contributed by atoms with Gasteiger partial charge in [0.1, 0.15) is 0 Å². The summed E-state index contributed by atoms with van der Waals surface area (Å²) in [6.07, 6.45) is 0. The van der Waals surface area contributed by atoms with Crippen molar-refractivity contribution in [2.45, 2.75) is 19.3 Å². The third kappa shape index (κ3) is 5.48. The summed E-state index contributed by atoms with van der Waals surface area (Å²) in [5.74, 6) is 1.90. The van der Waals surface area contributed by atoms with E-state index in [-0.39, 0.29) is 5.41 Å². The molecule has 1 aliphatic rings. The SMILES string of the molecule is CC1(C)c2ccccc2-c2c(-n3c4ccccc4c4ccc(-c5nc(-c6ccccc6)nc(-c6ccc(-c7cccc(-c8ccccc8)c7)cc6)n5)cc43)cccc21. The van der Waals surface area contributed by atoms with Gasteiger partial charge >= 0.3 is 0 Å². The van der Waals surface area contributed by atoms with E-state index in [9.17, 15) is 0 Å². The lowest BCUT2D eigenvalue weighted by molar-refractivity contribution is 0.660. The first-order valence-corrected chi connectivity index (χ1v) is 19.9. The smallest absolute Gasteiger partial charge is 0.164 e. The van der Waals surface area contributed by atoms with E-state index in [1.165, 1.54) is 55.4 Å². The minimum Gasteiger partial charge on any atom is -0.309 e. The molecule has 4 nitrogen and oxygen atoms in total. The van der Waals surface area contributed by atoms with Crippen LogP contribution in [0.25, 0.3) is 95.0 Å². The van der Waals surface area contributed by atoms with E-state index in [1.54, 1.807) is 0 Å². The third-order valence-corrected chi connectivity index (χ3v) is 11.9. The number of benzene rings is 8. The van der Waals surface area contributed by atoms with E-state index in [4.69, 9.17) is 15.0 Å². The second-order valence-corrected chi connectivity index (χ2v) is 15.7. The van der Waals surface area contributed by atoms with Gasteiger partial charge in [0.15, 0.2) is 17.5 Å². The van der Waals surface area contributed by atoms with Gasteiger partial charge in [-0.15, -0.1) is 0 Å². The molecule has 0 aliphatic heterocycles. The third-order valence-electron chi connectivity index (χ3n) is 11.9. The van der Waals surface area contributed by atoms with Crippen LogP contribution in [0.1, 0.15) is 25.0 Å². The van der Waals surface area contributed by atoms with Gasteiger partial charge in [-0.25, -0.2) is 15.0 Å². The predicted molar refractivity (Wildman–Crippen MR) is 239 cm³/mol. The normalized spacial score (nSPS) is 12.8. The zero-order valence-electron chi connectivity index (χ0n) is 32.3. The summed E-state index contributed by atoms with van der Waals surface area (Å²) in [5, 5.41) is 2.40. The second-order valence-electron chi connectivity index (χ2n) is 15.7. The Morgan fingerprint density at radius 2 is 0.862 bits per heavy atom. The minimum absolute atomic E-state index is 0.106. The van der Waals surface area contributed by atoms with Crippen LogP contribution in [0.15, 0.2) is 194 Å². The Morgan fingerprint density at radius 3 is 1.60 bits per heavy atom. The average molecular weight is 743 g/mol. The van der Waals surface area contributed by atoms with Crippen LogP contribution in [0.5, 0.6) is 0 Å². The zero-order chi connectivity index (χ0) is 38.8. The van der Waals surface area contributed by atoms with Gasteiger partial charge in [0.05, 0.1) is 16.7 Å². The number of hydrogen-bond donors (Lipinski definition) is 0. The molecule has 0 atom stereocenters. The van der Waals surface area contributed by atoms with Crippen molar-refractivity contribution in [3.05, 3.63) is 205 Å². The summed E-state index contributed by atoms with van der Waals surface area (Å²) in [5.41, 5.74) is 16.1. The summed E-state index contributed by atoms with van der Waals surface area (Å²) in [6.45, 7) is 4.68. The molecule has 0 amide bonds. The maximum Gasteiger partial charge on any atom is 0.164 e. The van der Waals surface area contributed by atoms with Crippen LogP contribution in [0, 0.1) is 0 Å². The van der Waals surface area contributed by atoms with Crippen molar-refractivity contribution in [1.29, 1.82) is 0 Å². The molecular formula is C54H38N4. The second kappa shape index (κ2) is 13.4. The van der Waals surface area contributed by atoms with Crippen molar-refractivity contribution in [3.63, 3.8) is 0 Å². The highest BCUT2D eigenvalue weighted by Crippen LogP contribution is 2.51. The van der Waals surface area contributed by atoms with Crippen LogP contribution in [0.4, 0.5) is 0 Å². The van der Waals surface area contributed by atoms with Crippen LogP contribution in [-0.2, 0) is 5.41 Å². The van der Waals surface area contributed by atoms with Gasteiger partial charge in [-0.1, -0.05) is 184 Å². The molecule has 0 spiro atoms. The average Bonchev–Trinajstić information content (AvgIpc) is 3.75. The lowest BCUT2D eigenvalue weighted by Crippen LogP contribution is -2.14. The number of rotatable bonds is 6. The minimum atomic E-state index is -0.106. The van der Waals surface area contributed by atoms with Gasteiger partial charge in [0, 0.05) is 38.4 Å². The fourth-order valence-electron chi connectivity index (χ4n) is 8.96. The van der Waals surface area contributed by atoms with E-state index < -0.39 is 0 Å². The van der Waals surface area contributed by atoms with Crippen molar-refractivity contribution in [1.82, 2.24) is 19.5 Å². The van der Waals surface area contributed by atoms with E-state index in [2.05, 4.69) is 194 Å². The molecule has 274 valence electrons. The number of hydrogen-bond acceptors (Lipinski definition) is 3. The molecule has 0 saturated carbocycles. The first-order valence-electron chi connectivity index (χ1n) is 19.9. The first-order chi connectivity index (χ1) is 28.5. The van der Waals surface area contributed by atoms with Crippen LogP contribution >= 0.6 is 0 Å². The molecule has 0 saturated heterocycles. The summed E-state index contributed by atoms with van der Waals surface area (Å²) >= 11 is 0. The molecule has 0 unspecified atom stereocenters. The highest BCUT2D eigenvalue weighted by molar-refractivity contribution is 6.11. The van der Waals surface area contributed by atoms with Gasteiger partial charge in [-0.05, 0) is 63.2 Å². The summed E-state index contributed by atoms with van der Waals surface area (Å²) < 4.78 is 2.44. The van der Waals surface area contributed by atoms with Gasteiger partial charge in [0.25, 0.3) is 0 Å². The van der Waals surface area contributed by atoms with Gasteiger partial charge in [-0.3, -0.25) is 0 Å². The van der Waals surface area contributed by atoms with Crippen molar-refractivity contribution < 1.29 is 0 Å². The van der Waals surface area contributed by atoms with Crippen LogP contribution in [0.2, 0.25) is 0 Å². The molecule has 0 N–H and O–H groups in total. The molecule has 1 aliphatic carbocycles. The van der Waals surface area contributed by atoms with E-state index in [0.717, 1.165) is 33.3 Å². The highest BCUT2D eigenvalue weighted by Gasteiger charge is 2.37. The molecule has 8 aromatic carbocycles. The fraction of sp³-hybridized carbons (Fsp3) is 0.0556. The number of nitrogens with zero attached hydrogens (tertiary/aromatic N) is 4.